The van der Waals surface area contributed by atoms with Gasteiger partial charge < -0.3 is 10.4 Å². The molecule has 0 aliphatic heterocycles. The van der Waals surface area contributed by atoms with Crippen LogP contribution in [-0.2, 0) is 4.79 Å². The van der Waals surface area contributed by atoms with Crippen molar-refractivity contribution in [2.45, 2.75) is 37.8 Å². The number of hydrogen-bond acceptors (Lipinski definition) is 3. The molecule has 0 radical (unpaired) electrons. The zero-order valence-corrected chi connectivity index (χ0v) is 9.25. The van der Waals surface area contributed by atoms with E-state index in [2.05, 4.69) is 17.2 Å². The quantitative estimate of drug-likeness (QED) is 0.550. The van der Waals surface area contributed by atoms with E-state index in [1.54, 1.807) is 6.08 Å². The average Bonchev–Trinajstić information content (AvgIpc) is 2.19. The van der Waals surface area contributed by atoms with Gasteiger partial charge in [-0.05, 0) is 26.2 Å². The van der Waals surface area contributed by atoms with Crippen LogP contribution in [0.15, 0.2) is 12.7 Å². The molecule has 0 aromatic heterocycles. The molecule has 1 atom stereocenters. The lowest BCUT2D eigenvalue weighted by molar-refractivity contribution is -0.123. The monoisotopic (exact) mass is 212 g/mol. The molecule has 3 N–H and O–H groups in total. The molecule has 4 nitrogen and oxygen atoms in total. The second-order valence-electron chi connectivity index (χ2n) is 4.19. The Morgan fingerprint density at radius 1 is 1.67 bits per heavy atom. The van der Waals surface area contributed by atoms with E-state index in [1.807, 2.05) is 6.92 Å². The van der Waals surface area contributed by atoms with Gasteiger partial charge >= 0.3 is 0 Å². The van der Waals surface area contributed by atoms with Gasteiger partial charge in [0.05, 0.1) is 12.6 Å². The fourth-order valence-electron chi connectivity index (χ4n) is 1.80. The predicted octanol–water partition coefficient (Wildman–Crippen LogP) is 0.182. The third-order valence-electron chi connectivity index (χ3n) is 2.95. The summed E-state index contributed by atoms with van der Waals surface area (Å²) in [6.45, 7) is 5.93. The number of carbonyl (C=O) groups is 1. The summed E-state index contributed by atoms with van der Waals surface area (Å²) in [5.41, 5.74) is -0.217. The summed E-state index contributed by atoms with van der Waals surface area (Å²) < 4.78 is 0. The number of amides is 1. The van der Waals surface area contributed by atoms with Crippen LogP contribution in [-0.4, -0.2) is 35.7 Å². The molecule has 1 saturated carbocycles. The molecule has 86 valence electrons. The minimum atomic E-state index is -0.266. The van der Waals surface area contributed by atoms with Crippen LogP contribution in [0.2, 0.25) is 0 Å². The first-order valence-electron chi connectivity index (χ1n) is 5.41. The second kappa shape index (κ2) is 5.28. The van der Waals surface area contributed by atoms with E-state index in [0.717, 1.165) is 19.3 Å². The van der Waals surface area contributed by atoms with Crippen molar-refractivity contribution in [2.24, 2.45) is 0 Å². The summed E-state index contributed by atoms with van der Waals surface area (Å²) in [5.74, 6) is -0.0466. The van der Waals surface area contributed by atoms with Gasteiger partial charge in [0.1, 0.15) is 0 Å². The lowest BCUT2D eigenvalue weighted by atomic mass is 9.77. The van der Waals surface area contributed by atoms with E-state index >= 15 is 0 Å². The fourth-order valence-corrected chi connectivity index (χ4v) is 1.80. The molecule has 0 heterocycles. The van der Waals surface area contributed by atoms with Crippen molar-refractivity contribution >= 4 is 5.91 Å². The topological polar surface area (TPSA) is 61.4 Å². The standard InChI is InChI=1S/C11H20N2O2/c1-3-7-12-10(15)9(2)13-11(8-14)5-4-6-11/h3,9,13-14H,1,4-8H2,2H3,(H,12,15). The van der Waals surface area contributed by atoms with Gasteiger partial charge in [-0.25, -0.2) is 0 Å². The molecule has 1 aliphatic rings. The Kier molecular flexibility index (Phi) is 4.29. The zero-order valence-electron chi connectivity index (χ0n) is 9.25. The van der Waals surface area contributed by atoms with Gasteiger partial charge in [0.25, 0.3) is 0 Å². The van der Waals surface area contributed by atoms with Gasteiger partial charge in [-0.1, -0.05) is 6.08 Å². The number of aliphatic hydroxyl groups is 1. The first-order valence-corrected chi connectivity index (χ1v) is 5.41. The van der Waals surface area contributed by atoms with E-state index in [-0.39, 0.29) is 24.1 Å². The molecule has 1 amide bonds. The SMILES string of the molecule is C=CCNC(=O)C(C)NC1(CO)CCC1. The Balaban J connectivity index is 2.36. The number of rotatable bonds is 6. The summed E-state index contributed by atoms with van der Waals surface area (Å²) in [5, 5.41) is 15.2. The minimum absolute atomic E-state index is 0.0466. The molecule has 0 saturated heterocycles. The number of aliphatic hydroxyl groups excluding tert-OH is 1. The highest BCUT2D eigenvalue weighted by Crippen LogP contribution is 2.31. The zero-order chi connectivity index (χ0) is 11.3. The van der Waals surface area contributed by atoms with Gasteiger partial charge in [-0.15, -0.1) is 6.58 Å². The van der Waals surface area contributed by atoms with Crippen molar-refractivity contribution in [2.75, 3.05) is 13.2 Å². The normalized spacial score (nSPS) is 20.1. The van der Waals surface area contributed by atoms with Crippen molar-refractivity contribution in [1.82, 2.24) is 10.6 Å². The molecular weight excluding hydrogens is 192 g/mol. The molecule has 15 heavy (non-hydrogen) atoms. The molecular formula is C11H20N2O2. The third-order valence-corrected chi connectivity index (χ3v) is 2.95. The maximum atomic E-state index is 11.5. The Bertz CT molecular complexity index is 231. The largest absolute Gasteiger partial charge is 0.394 e. The lowest BCUT2D eigenvalue weighted by Gasteiger charge is -2.42. The summed E-state index contributed by atoms with van der Waals surface area (Å²) >= 11 is 0. The van der Waals surface area contributed by atoms with Crippen LogP contribution in [0.4, 0.5) is 0 Å². The molecule has 0 bridgehead atoms. The Morgan fingerprint density at radius 3 is 2.73 bits per heavy atom. The molecule has 0 aromatic rings. The summed E-state index contributed by atoms with van der Waals surface area (Å²) in [6.07, 6.45) is 4.66. The van der Waals surface area contributed by atoms with Crippen LogP contribution in [0.25, 0.3) is 0 Å². The van der Waals surface area contributed by atoms with Crippen molar-refractivity contribution < 1.29 is 9.90 Å². The van der Waals surface area contributed by atoms with Crippen molar-refractivity contribution in [1.29, 1.82) is 0 Å². The number of hydrogen-bond donors (Lipinski definition) is 3. The average molecular weight is 212 g/mol. The van der Waals surface area contributed by atoms with Crippen LogP contribution in [0.5, 0.6) is 0 Å². The first-order chi connectivity index (χ1) is 7.13. The van der Waals surface area contributed by atoms with Crippen molar-refractivity contribution in [3.05, 3.63) is 12.7 Å². The van der Waals surface area contributed by atoms with Gasteiger partial charge in [0.15, 0.2) is 0 Å². The van der Waals surface area contributed by atoms with E-state index in [0.29, 0.717) is 6.54 Å². The van der Waals surface area contributed by atoms with E-state index in [9.17, 15) is 9.90 Å². The molecule has 1 unspecified atom stereocenters. The molecule has 1 fully saturated rings. The van der Waals surface area contributed by atoms with Crippen LogP contribution in [0, 0.1) is 0 Å². The Morgan fingerprint density at radius 2 is 2.33 bits per heavy atom. The van der Waals surface area contributed by atoms with Crippen molar-refractivity contribution in [3.63, 3.8) is 0 Å². The third kappa shape index (κ3) is 3.04. The number of carbonyl (C=O) groups excluding carboxylic acids is 1. The first kappa shape index (κ1) is 12.2. The van der Waals surface area contributed by atoms with Gasteiger partial charge in [0, 0.05) is 12.1 Å². The fraction of sp³-hybridized carbons (Fsp3) is 0.727. The Labute approximate surface area is 90.7 Å². The smallest absolute Gasteiger partial charge is 0.237 e. The van der Waals surface area contributed by atoms with Gasteiger partial charge in [-0.2, -0.15) is 0 Å². The van der Waals surface area contributed by atoms with Crippen molar-refractivity contribution in [3.8, 4) is 0 Å². The molecule has 4 heteroatoms. The summed E-state index contributed by atoms with van der Waals surface area (Å²) in [7, 11) is 0. The molecule has 0 spiro atoms. The van der Waals surface area contributed by atoms with Gasteiger partial charge in [0.2, 0.25) is 5.91 Å². The predicted molar refractivity (Wildman–Crippen MR) is 59.5 cm³/mol. The Hall–Kier alpha value is -0.870. The molecule has 1 rings (SSSR count). The highest BCUT2D eigenvalue weighted by atomic mass is 16.3. The maximum Gasteiger partial charge on any atom is 0.237 e. The summed E-state index contributed by atoms with van der Waals surface area (Å²) in [4.78, 5) is 11.5. The summed E-state index contributed by atoms with van der Waals surface area (Å²) in [6, 6.07) is -0.266. The van der Waals surface area contributed by atoms with Crippen LogP contribution < -0.4 is 10.6 Å². The van der Waals surface area contributed by atoms with Gasteiger partial charge in [-0.3, -0.25) is 10.1 Å². The lowest BCUT2D eigenvalue weighted by Crippen LogP contribution is -2.60. The highest BCUT2D eigenvalue weighted by molar-refractivity contribution is 5.81. The minimum Gasteiger partial charge on any atom is -0.394 e. The number of nitrogens with one attached hydrogen (secondary N) is 2. The molecule has 1 aliphatic carbocycles. The van der Waals surface area contributed by atoms with E-state index < -0.39 is 0 Å². The van der Waals surface area contributed by atoms with Crippen LogP contribution in [0.3, 0.4) is 0 Å². The highest BCUT2D eigenvalue weighted by Gasteiger charge is 2.38. The molecule has 0 aromatic carbocycles. The van der Waals surface area contributed by atoms with E-state index in [4.69, 9.17) is 0 Å². The van der Waals surface area contributed by atoms with Crippen LogP contribution >= 0.6 is 0 Å². The second-order valence-corrected chi connectivity index (χ2v) is 4.19. The van der Waals surface area contributed by atoms with Crippen LogP contribution in [0.1, 0.15) is 26.2 Å². The van der Waals surface area contributed by atoms with E-state index in [1.165, 1.54) is 0 Å². The maximum absolute atomic E-state index is 11.5.